The van der Waals surface area contributed by atoms with Crippen molar-refractivity contribution in [3.05, 3.63) is 188 Å². The van der Waals surface area contributed by atoms with E-state index in [-0.39, 0.29) is 0 Å². The molecule has 11 aromatic rings. The van der Waals surface area contributed by atoms with E-state index >= 15 is 0 Å². The summed E-state index contributed by atoms with van der Waals surface area (Å²) in [4.78, 5) is 13.1. The lowest BCUT2D eigenvalue weighted by molar-refractivity contribution is 0.459. The first kappa shape index (κ1) is 34.3. The Labute approximate surface area is 354 Å². The second-order valence-electron chi connectivity index (χ2n) is 15.5. The molecule has 282 valence electrons. The average Bonchev–Trinajstić information content (AvgIpc) is 3.88. The Morgan fingerprint density at radius 3 is 1.23 bits per heavy atom. The molecule has 0 bridgehead atoms. The van der Waals surface area contributed by atoms with Gasteiger partial charge in [0.25, 0.3) is 7.49 Å². The molecule has 1 N–H and O–H groups in total. The molecule has 0 fully saturated rings. The Kier molecular flexibility index (Phi) is 7.40. The highest BCUT2D eigenvalue weighted by Gasteiger charge is 2.58. The third-order valence-corrected chi connectivity index (χ3v) is 17.9. The van der Waals surface area contributed by atoms with Crippen LogP contribution in [0.15, 0.2) is 188 Å². The van der Waals surface area contributed by atoms with Crippen LogP contribution < -0.4 is 25.4 Å². The minimum absolute atomic E-state index is 0.638. The van der Waals surface area contributed by atoms with Crippen molar-refractivity contribution >= 4 is 86.4 Å². The smallest absolute Gasteiger partial charge is 0.253 e. The second-order valence-corrected chi connectivity index (χ2v) is 20.3. The first-order valence-electron chi connectivity index (χ1n) is 20.0. The summed E-state index contributed by atoms with van der Waals surface area (Å²) in [5.74, 6) is 2.62. The van der Waals surface area contributed by atoms with Crippen LogP contribution in [-0.4, -0.2) is 4.89 Å². The Morgan fingerprint density at radius 1 is 0.350 bits per heavy atom. The number of fused-ring (bicyclic) bond motifs is 10. The van der Waals surface area contributed by atoms with Gasteiger partial charge in [0, 0.05) is 40.3 Å². The van der Waals surface area contributed by atoms with Gasteiger partial charge < -0.3 is 9.47 Å². The molecule has 2 aliphatic heterocycles. The number of ether oxygens (including phenoxy) is 2. The summed E-state index contributed by atoms with van der Waals surface area (Å²) in [5, 5.41) is 7.55. The van der Waals surface area contributed by atoms with Gasteiger partial charge in [-0.1, -0.05) is 140 Å². The molecule has 0 spiro atoms. The van der Waals surface area contributed by atoms with Crippen molar-refractivity contribution in [2.45, 2.75) is 0 Å². The third kappa shape index (κ3) is 5.01. The molecule has 60 heavy (non-hydrogen) atoms. The van der Waals surface area contributed by atoms with Crippen LogP contribution in [0.4, 0.5) is 0 Å². The van der Waals surface area contributed by atoms with Gasteiger partial charge in [0.1, 0.15) is 0 Å². The Bertz CT molecular complexity index is 3340. The molecule has 0 saturated heterocycles. The highest BCUT2D eigenvalue weighted by molar-refractivity contribution is 7.91. The van der Waals surface area contributed by atoms with Crippen molar-refractivity contribution < 1.29 is 14.4 Å². The van der Waals surface area contributed by atoms with Gasteiger partial charge in [-0.15, -0.1) is 22.7 Å². The first-order valence-corrected chi connectivity index (χ1v) is 23.4. The lowest BCUT2D eigenvalue weighted by atomic mass is 9.99. The van der Waals surface area contributed by atoms with Crippen LogP contribution in [0.3, 0.4) is 0 Å². The molecule has 6 heteroatoms. The van der Waals surface area contributed by atoms with Gasteiger partial charge >= 0.3 is 0 Å². The molecule has 0 aliphatic carbocycles. The number of hydrogen-bond donors (Lipinski definition) is 1. The van der Waals surface area contributed by atoms with E-state index in [1.54, 1.807) is 0 Å². The van der Waals surface area contributed by atoms with E-state index in [1.807, 2.05) is 40.9 Å². The molecular formula is C54H32O3PS2+. The summed E-state index contributed by atoms with van der Waals surface area (Å²) >= 11 is 3.70. The van der Waals surface area contributed by atoms with Gasteiger partial charge in [-0.2, -0.15) is 0 Å². The molecule has 2 aromatic heterocycles. The fourth-order valence-electron chi connectivity index (χ4n) is 9.31. The van der Waals surface area contributed by atoms with Crippen molar-refractivity contribution in [2.75, 3.05) is 0 Å². The maximum absolute atomic E-state index is 13.1. The highest BCUT2D eigenvalue weighted by atomic mass is 32.1. The maximum Gasteiger partial charge on any atom is 0.253 e. The molecule has 0 unspecified atom stereocenters. The summed E-state index contributed by atoms with van der Waals surface area (Å²) in [5.41, 5.74) is 9.09. The lowest BCUT2D eigenvalue weighted by Crippen LogP contribution is -2.39. The summed E-state index contributed by atoms with van der Waals surface area (Å²) in [7, 11) is -3.10. The largest absolute Gasteiger partial charge is 0.449 e. The zero-order valence-electron chi connectivity index (χ0n) is 31.9. The molecule has 2 aliphatic rings. The first-order chi connectivity index (χ1) is 29.6. The number of hydrogen-bond acceptors (Lipinski definition) is 5. The van der Waals surface area contributed by atoms with Gasteiger partial charge in [-0.25, -0.2) is 4.89 Å². The van der Waals surface area contributed by atoms with E-state index in [2.05, 4.69) is 170 Å². The molecule has 0 atom stereocenters. The zero-order chi connectivity index (χ0) is 39.5. The SMILES string of the molecule is O[P+]12c3ccc(-c4ccc(-c5cccc6c5sc5ccccc56)cc4)cc3Oc3cccc(c31)Oc1cc(-c3ccc(-c4cccc5c4sc4ccccc45)cc3)ccc12. The topological polar surface area (TPSA) is 38.7 Å². The van der Waals surface area contributed by atoms with Crippen molar-refractivity contribution in [2.24, 2.45) is 0 Å². The summed E-state index contributed by atoms with van der Waals surface area (Å²) in [6.07, 6.45) is 0. The second kappa shape index (κ2) is 13.0. The van der Waals surface area contributed by atoms with Crippen molar-refractivity contribution in [3.8, 4) is 67.5 Å². The predicted molar refractivity (Wildman–Crippen MR) is 255 cm³/mol. The maximum atomic E-state index is 13.1. The third-order valence-electron chi connectivity index (χ3n) is 12.2. The molecule has 13 rings (SSSR count). The number of rotatable bonds is 4. The van der Waals surface area contributed by atoms with Gasteiger partial charge in [0.15, 0.2) is 33.6 Å². The Balaban J connectivity index is 0.844. The van der Waals surface area contributed by atoms with Gasteiger partial charge in [-0.05, 0) is 93.0 Å². The minimum Gasteiger partial charge on any atom is -0.449 e. The molecular weight excluding hydrogens is 792 g/mol. The van der Waals surface area contributed by atoms with E-state index in [0.29, 0.717) is 23.0 Å². The molecule has 9 aromatic carbocycles. The average molecular weight is 824 g/mol. The van der Waals surface area contributed by atoms with Crippen LogP contribution in [0.2, 0.25) is 0 Å². The van der Waals surface area contributed by atoms with Crippen LogP contribution in [0.5, 0.6) is 23.0 Å². The van der Waals surface area contributed by atoms with Crippen LogP contribution >= 0.6 is 30.2 Å². The fourth-order valence-corrected chi connectivity index (χ4v) is 14.8. The van der Waals surface area contributed by atoms with Crippen LogP contribution in [-0.2, 0) is 0 Å². The summed E-state index contributed by atoms with van der Waals surface area (Å²) < 4.78 is 18.4. The van der Waals surface area contributed by atoms with E-state index in [1.165, 1.54) is 62.6 Å². The summed E-state index contributed by atoms with van der Waals surface area (Å²) in [6, 6.07) is 66.4. The fraction of sp³-hybridized carbons (Fsp3) is 0. The zero-order valence-corrected chi connectivity index (χ0v) is 34.5. The van der Waals surface area contributed by atoms with Gasteiger partial charge in [0.2, 0.25) is 5.30 Å². The van der Waals surface area contributed by atoms with Gasteiger partial charge in [-0.3, -0.25) is 0 Å². The van der Waals surface area contributed by atoms with E-state index in [0.717, 1.165) is 38.2 Å². The van der Waals surface area contributed by atoms with E-state index in [4.69, 9.17) is 9.47 Å². The molecule has 0 amide bonds. The lowest BCUT2D eigenvalue weighted by Gasteiger charge is -2.33. The van der Waals surface area contributed by atoms with Crippen LogP contribution in [0.1, 0.15) is 0 Å². The normalized spacial score (nSPS) is 13.5. The molecule has 0 radical (unpaired) electrons. The van der Waals surface area contributed by atoms with Crippen LogP contribution in [0.25, 0.3) is 84.9 Å². The Hall–Kier alpha value is -6.59. The molecule has 0 saturated carbocycles. The molecule has 3 nitrogen and oxygen atoms in total. The van der Waals surface area contributed by atoms with Crippen molar-refractivity contribution in [1.29, 1.82) is 0 Å². The predicted octanol–water partition coefficient (Wildman–Crippen LogP) is 14.5. The van der Waals surface area contributed by atoms with E-state index < -0.39 is 7.49 Å². The van der Waals surface area contributed by atoms with Crippen molar-refractivity contribution in [3.63, 3.8) is 0 Å². The quantitative estimate of drug-likeness (QED) is 0.180. The highest BCUT2D eigenvalue weighted by Crippen LogP contribution is 2.64. The van der Waals surface area contributed by atoms with Crippen molar-refractivity contribution in [1.82, 2.24) is 0 Å². The standard InChI is InChI=1S/C54H32O3PS2/c55-58-48-28-26-36(32-18-22-34(23-19-32)38-10-5-12-42-40-8-1-3-16-50(40)59-53(38)42)30-46(48)56-44-14-7-15-45(52(44)58)57-47-31-37(27-29-49(47)58)33-20-24-35(25-21-33)39-11-6-13-43-41-9-2-4-17-51(41)60-54(39)43/h1-31,55H/q+1. The molecule has 4 heterocycles. The minimum atomic E-state index is -3.10. The number of thiophene rings is 2. The number of benzene rings is 9. The van der Waals surface area contributed by atoms with Gasteiger partial charge in [0.05, 0.1) is 0 Å². The Morgan fingerprint density at radius 2 is 0.750 bits per heavy atom. The monoisotopic (exact) mass is 823 g/mol. The summed E-state index contributed by atoms with van der Waals surface area (Å²) in [6.45, 7) is 0. The van der Waals surface area contributed by atoms with E-state index in [9.17, 15) is 4.89 Å². The van der Waals surface area contributed by atoms with Crippen LogP contribution in [0, 0.1) is 0 Å².